The summed E-state index contributed by atoms with van der Waals surface area (Å²) in [4.78, 5) is 5.75. The van der Waals surface area contributed by atoms with E-state index in [1.54, 1.807) is 0 Å². The predicted molar refractivity (Wildman–Crippen MR) is 45.7 cm³/mol. The minimum Gasteiger partial charge on any atom is -0.380 e. The summed E-state index contributed by atoms with van der Waals surface area (Å²) in [6.07, 6.45) is 1.13. The predicted octanol–water partition coefficient (Wildman–Crippen LogP) is 1.19. The van der Waals surface area contributed by atoms with E-state index in [0.29, 0.717) is 12.1 Å². The lowest BCUT2D eigenvalue weighted by Gasteiger charge is -2.19. The van der Waals surface area contributed by atoms with Gasteiger partial charge in [0.2, 0.25) is 0 Å². The van der Waals surface area contributed by atoms with Crippen molar-refractivity contribution in [3.8, 4) is 0 Å². The zero-order chi connectivity index (χ0) is 8.77. The molecule has 3 heteroatoms. The van der Waals surface area contributed by atoms with Crippen molar-refractivity contribution >= 4 is 0 Å². The van der Waals surface area contributed by atoms with E-state index in [1.165, 1.54) is 0 Å². The summed E-state index contributed by atoms with van der Waals surface area (Å²) in [5.41, 5.74) is -0.0582. The second-order valence-electron chi connectivity index (χ2n) is 4.56. The van der Waals surface area contributed by atoms with Gasteiger partial charge in [0.1, 0.15) is 0 Å². The standard InChI is InChI=1S/C9H17NO2/c1-9(2,3)12-10-7-4-5-11-6-8(7)10/h7-8H,4-6H2,1-3H3. The number of hydroxylamine groups is 2. The highest BCUT2D eigenvalue weighted by atomic mass is 16.7. The molecule has 3 unspecified atom stereocenters. The van der Waals surface area contributed by atoms with Crippen molar-refractivity contribution in [3.63, 3.8) is 0 Å². The first-order chi connectivity index (χ1) is 5.58. The topological polar surface area (TPSA) is 21.5 Å². The molecule has 0 amide bonds. The van der Waals surface area contributed by atoms with Crippen LogP contribution in [-0.4, -0.2) is 36.0 Å². The van der Waals surface area contributed by atoms with Gasteiger partial charge in [0.15, 0.2) is 0 Å². The monoisotopic (exact) mass is 171 g/mol. The van der Waals surface area contributed by atoms with Crippen LogP contribution in [0.1, 0.15) is 27.2 Å². The fraction of sp³-hybridized carbons (Fsp3) is 1.00. The molecule has 2 heterocycles. The Morgan fingerprint density at radius 3 is 2.58 bits per heavy atom. The summed E-state index contributed by atoms with van der Waals surface area (Å²) in [5, 5.41) is 2.09. The maximum Gasteiger partial charge on any atom is 0.0816 e. The highest BCUT2D eigenvalue weighted by molar-refractivity contribution is 4.99. The molecular formula is C9H17NO2. The molecule has 0 aromatic carbocycles. The molecular weight excluding hydrogens is 154 g/mol. The highest BCUT2D eigenvalue weighted by Crippen LogP contribution is 2.36. The third kappa shape index (κ3) is 1.63. The zero-order valence-corrected chi connectivity index (χ0v) is 8.04. The summed E-state index contributed by atoms with van der Waals surface area (Å²) in [6, 6.07) is 1.18. The van der Waals surface area contributed by atoms with Gasteiger partial charge in [-0.25, -0.2) is 0 Å². The van der Waals surface area contributed by atoms with Crippen LogP contribution in [0.3, 0.4) is 0 Å². The van der Waals surface area contributed by atoms with Crippen LogP contribution in [0.15, 0.2) is 0 Å². The van der Waals surface area contributed by atoms with Gasteiger partial charge >= 0.3 is 0 Å². The van der Waals surface area contributed by atoms with Crippen molar-refractivity contribution in [1.29, 1.82) is 0 Å². The van der Waals surface area contributed by atoms with Gasteiger partial charge in [-0.05, 0) is 27.2 Å². The average molecular weight is 171 g/mol. The zero-order valence-electron chi connectivity index (χ0n) is 8.04. The van der Waals surface area contributed by atoms with Gasteiger partial charge in [-0.2, -0.15) is 5.06 Å². The first-order valence-electron chi connectivity index (χ1n) is 4.63. The first-order valence-corrected chi connectivity index (χ1v) is 4.63. The van der Waals surface area contributed by atoms with Gasteiger partial charge in [-0.3, -0.25) is 4.84 Å². The minimum atomic E-state index is -0.0582. The molecule has 3 nitrogen and oxygen atoms in total. The summed E-state index contributed by atoms with van der Waals surface area (Å²) in [7, 11) is 0. The third-order valence-electron chi connectivity index (χ3n) is 2.23. The lowest BCUT2D eigenvalue weighted by Crippen LogP contribution is -2.24. The molecule has 0 aliphatic carbocycles. The summed E-state index contributed by atoms with van der Waals surface area (Å²) < 4.78 is 5.35. The van der Waals surface area contributed by atoms with Crippen LogP contribution >= 0.6 is 0 Å². The molecule has 2 aliphatic rings. The van der Waals surface area contributed by atoms with Crippen molar-refractivity contribution in [1.82, 2.24) is 5.06 Å². The Hall–Kier alpha value is -0.120. The number of ether oxygens (including phenoxy) is 1. The third-order valence-corrected chi connectivity index (χ3v) is 2.23. The lowest BCUT2D eigenvalue weighted by molar-refractivity contribution is -0.171. The number of rotatable bonds is 1. The maximum atomic E-state index is 5.75. The molecule has 2 fully saturated rings. The van der Waals surface area contributed by atoms with E-state index in [2.05, 4.69) is 25.8 Å². The number of hydrogen-bond acceptors (Lipinski definition) is 3. The molecule has 0 aromatic heterocycles. The van der Waals surface area contributed by atoms with Gasteiger partial charge < -0.3 is 4.74 Å². The molecule has 0 radical (unpaired) electrons. The van der Waals surface area contributed by atoms with Gasteiger partial charge in [-0.15, -0.1) is 0 Å². The van der Waals surface area contributed by atoms with Crippen LogP contribution in [0.4, 0.5) is 0 Å². The molecule has 2 saturated heterocycles. The van der Waals surface area contributed by atoms with E-state index in [0.717, 1.165) is 19.6 Å². The Morgan fingerprint density at radius 2 is 2.08 bits per heavy atom. The van der Waals surface area contributed by atoms with Crippen molar-refractivity contribution in [2.75, 3.05) is 13.2 Å². The van der Waals surface area contributed by atoms with Crippen LogP contribution in [0.25, 0.3) is 0 Å². The Morgan fingerprint density at radius 1 is 1.33 bits per heavy atom. The SMILES string of the molecule is CC(C)(C)ON1C2CCOCC21. The highest BCUT2D eigenvalue weighted by Gasteiger charge is 2.52. The van der Waals surface area contributed by atoms with Gasteiger partial charge in [0, 0.05) is 6.61 Å². The fourth-order valence-electron chi connectivity index (χ4n) is 1.67. The molecule has 2 rings (SSSR count). The van der Waals surface area contributed by atoms with Crippen LogP contribution in [0.5, 0.6) is 0 Å². The van der Waals surface area contributed by atoms with Gasteiger partial charge in [0.25, 0.3) is 0 Å². The van der Waals surface area contributed by atoms with Crippen LogP contribution in [0, 0.1) is 0 Å². The van der Waals surface area contributed by atoms with Crippen molar-refractivity contribution < 1.29 is 9.57 Å². The quantitative estimate of drug-likeness (QED) is 0.553. The molecule has 3 atom stereocenters. The van der Waals surface area contributed by atoms with E-state index in [1.807, 2.05) is 0 Å². The fourth-order valence-corrected chi connectivity index (χ4v) is 1.67. The van der Waals surface area contributed by atoms with E-state index >= 15 is 0 Å². The van der Waals surface area contributed by atoms with E-state index in [4.69, 9.17) is 9.57 Å². The summed E-state index contributed by atoms with van der Waals surface area (Å²) in [5.74, 6) is 0. The van der Waals surface area contributed by atoms with Crippen LogP contribution < -0.4 is 0 Å². The lowest BCUT2D eigenvalue weighted by atomic mass is 10.2. The average Bonchev–Trinajstić information content (AvgIpc) is 2.61. The van der Waals surface area contributed by atoms with Crippen molar-refractivity contribution in [2.24, 2.45) is 0 Å². The number of hydrogen-bond donors (Lipinski definition) is 0. The van der Waals surface area contributed by atoms with Gasteiger partial charge in [0.05, 0.1) is 24.3 Å². The summed E-state index contributed by atoms with van der Waals surface area (Å²) in [6.45, 7) is 7.99. The Bertz CT molecular complexity index is 164. The van der Waals surface area contributed by atoms with Crippen LogP contribution in [-0.2, 0) is 9.57 Å². The molecule has 70 valence electrons. The second-order valence-corrected chi connectivity index (χ2v) is 4.56. The molecule has 2 aliphatic heterocycles. The van der Waals surface area contributed by atoms with E-state index < -0.39 is 0 Å². The van der Waals surface area contributed by atoms with E-state index in [9.17, 15) is 0 Å². The second kappa shape index (κ2) is 2.69. The maximum absolute atomic E-state index is 5.75. The molecule has 0 bridgehead atoms. The molecule has 12 heavy (non-hydrogen) atoms. The first kappa shape index (κ1) is 8.48. The Balaban J connectivity index is 1.85. The summed E-state index contributed by atoms with van der Waals surface area (Å²) >= 11 is 0. The Kier molecular flexibility index (Phi) is 1.90. The van der Waals surface area contributed by atoms with Crippen LogP contribution in [0.2, 0.25) is 0 Å². The number of nitrogens with zero attached hydrogens (tertiary/aromatic N) is 1. The molecule has 0 N–H and O–H groups in total. The number of fused-ring (bicyclic) bond motifs is 1. The molecule has 0 aromatic rings. The van der Waals surface area contributed by atoms with Gasteiger partial charge in [-0.1, -0.05) is 0 Å². The van der Waals surface area contributed by atoms with E-state index in [-0.39, 0.29) is 5.60 Å². The van der Waals surface area contributed by atoms with Crippen molar-refractivity contribution in [3.05, 3.63) is 0 Å². The smallest absolute Gasteiger partial charge is 0.0816 e. The molecule has 0 saturated carbocycles. The molecule has 0 spiro atoms. The normalized spacial score (nSPS) is 40.8. The Labute approximate surface area is 73.6 Å². The largest absolute Gasteiger partial charge is 0.380 e. The van der Waals surface area contributed by atoms with Crippen molar-refractivity contribution in [2.45, 2.75) is 44.9 Å². The minimum absolute atomic E-state index is 0.0582.